The molecule has 0 atom stereocenters. The van der Waals surface area contributed by atoms with Crippen molar-refractivity contribution in [3.8, 4) is 0 Å². The Morgan fingerprint density at radius 3 is 2.73 bits per heavy atom. The highest BCUT2D eigenvalue weighted by Crippen LogP contribution is 2.16. The summed E-state index contributed by atoms with van der Waals surface area (Å²) in [6.45, 7) is 2.76. The predicted molar refractivity (Wildman–Crippen MR) is 114 cm³/mol. The van der Waals surface area contributed by atoms with E-state index in [2.05, 4.69) is 22.4 Å². The Kier molecular flexibility index (Phi) is 5.70. The van der Waals surface area contributed by atoms with Crippen molar-refractivity contribution in [3.05, 3.63) is 75.6 Å². The fourth-order valence-corrected chi connectivity index (χ4v) is 3.66. The number of carbonyl (C=O) groups excluding carboxylic acids is 1. The number of hydrogen-bond donors (Lipinski definition) is 1. The number of amides is 1. The van der Waals surface area contributed by atoms with Crippen molar-refractivity contribution >= 4 is 22.5 Å². The third-order valence-corrected chi connectivity index (χ3v) is 5.32. The van der Waals surface area contributed by atoms with Crippen LogP contribution >= 0.6 is 0 Å². The Balaban J connectivity index is 1.60. The Morgan fingerprint density at radius 2 is 1.97 bits per heavy atom. The number of hydrogen-bond acceptors (Lipinski definition) is 4. The second-order valence-electron chi connectivity index (χ2n) is 7.43. The maximum Gasteiger partial charge on any atom is 0.271 e. The van der Waals surface area contributed by atoms with Gasteiger partial charge in [0.25, 0.3) is 11.5 Å². The lowest BCUT2D eigenvalue weighted by atomic mass is 10.0. The molecule has 7 heteroatoms. The molecule has 2 heterocycles. The Hall–Kier alpha value is -3.35. The molecular weight excluding hydrogens is 383 g/mol. The van der Waals surface area contributed by atoms with Crippen LogP contribution in [0.25, 0.3) is 10.9 Å². The van der Waals surface area contributed by atoms with Crippen molar-refractivity contribution in [3.63, 3.8) is 0 Å². The minimum atomic E-state index is -0.379. The topological polar surface area (TPSA) is 76.3 Å². The molecule has 0 aliphatic carbocycles. The molecule has 1 aromatic heterocycles. The van der Waals surface area contributed by atoms with E-state index in [9.17, 15) is 14.0 Å². The van der Waals surface area contributed by atoms with Crippen LogP contribution in [0.4, 0.5) is 4.39 Å². The summed E-state index contributed by atoms with van der Waals surface area (Å²) in [6.07, 6.45) is 4.23. The Bertz CT molecular complexity index is 1180. The van der Waals surface area contributed by atoms with Crippen molar-refractivity contribution in [2.24, 2.45) is 5.10 Å². The summed E-state index contributed by atoms with van der Waals surface area (Å²) in [6, 6.07) is 11.0. The van der Waals surface area contributed by atoms with Gasteiger partial charge in [-0.25, -0.2) is 14.8 Å². The number of hydrazone groups is 1. The molecule has 4 rings (SSSR count). The predicted octanol–water partition coefficient (Wildman–Crippen LogP) is 3.81. The number of unbranched alkanes of at least 4 members (excludes halogenated alkanes) is 1. The monoisotopic (exact) mass is 406 g/mol. The summed E-state index contributed by atoms with van der Waals surface area (Å²) in [4.78, 5) is 29.8. The van der Waals surface area contributed by atoms with Gasteiger partial charge in [-0.2, -0.15) is 5.10 Å². The van der Waals surface area contributed by atoms with Gasteiger partial charge in [0.05, 0.1) is 16.6 Å². The fraction of sp³-hybridized carbons (Fsp3) is 0.304. The van der Waals surface area contributed by atoms with E-state index in [1.165, 1.54) is 12.1 Å². The molecule has 0 saturated carbocycles. The van der Waals surface area contributed by atoms with Crippen LogP contribution in [0.1, 0.15) is 54.4 Å². The molecule has 154 valence electrons. The Morgan fingerprint density at radius 1 is 1.20 bits per heavy atom. The van der Waals surface area contributed by atoms with Crippen molar-refractivity contribution in [1.82, 2.24) is 15.0 Å². The van der Waals surface area contributed by atoms with Gasteiger partial charge in [0.2, 0.25) is 0 Å². The first-order chi connectivity index (χ1) is 14.6. The van der Waals surface area contributed by atoms with Crippen LogP contribution in [0.2, 0.25) is 0 Å². The largest absolute Gasteiger partial charge is 0.296 e. The maximum atomic E-state index is 13.2. The molecule has 0 spiro atoms. The Labute approximate surface area is 173 Å². The van der Waals surface area contributed by atoms with Gasteiger partial charge < -0.3 is 0 Å². The standard InChI is InChI=1S/C23H23FN4O2/c1-2-3-5-19(15-7-10-17(24)11-8-15)26-27-22(29)16-9-12-18-20(14-16)25-21-6-4-13-28(21)23(18)30/h7-12,14H,2-6,13H2,1H3,(H,27,29)/b26-19-. The first kappa shape index (κ1) is 19.9. The molecule has 0 radical (unpaired) electrons. The number of aryl methyl sites for hydroxylation is 1. The number of carbonyl (C=O) groups is 1. The molecular formula is C23H23FN4O2. The van der Waals surface area contributed by atoms with Gasteiger partial charge in [0, 0.05) is 18.5 Å². The number of nitrogens with one attached hydrogen (secondary N) is 1. The van der Waals surface area contributed by atoms with Crippen LogP contribution in [-0.2, 0) is 13.0 Å². The van der Waals surface area contributed by atoms with Gasteiger partial charge in [-0.05, 0) is 55.2 Å². The molecule has 0 saturated heterocycles. The van der Waals surface area contributed by atoms with Crippen molar-refractivity contribution in [1.29, 1.82) is 0 Å². The zero-order chi connectivity index (χ0) is 21.1. The minimum Gasteiger partial charge on any atom is -0.296 e. The number of fused-ring (bicyclic) bond motifs is 2. The van der Waals surface area contributed by atoms with E-state index in [1.54, 1.807) is 34.9 Å². The second-order valence-corrected chi connectivity index (χ2v) is 7.43. The summed E-state index contributed by atoms with van der Waals surface area (Å²) < 4.78 is 14.9. The van der Waals surface area contributed by atoms with Gasteiger partial charge >= 0.3 is 0 Å². The van der Waals surface area contributed by atoms with Crippen LogP contribution in [-0.4, -0.2) is 21.2 Å². The molecule has 1 N–H and O–H groups in total. The van der Waals surface area contributed by atoms with E-state index in [0.29, 0.717) is 35.1 Å². The highest BCUT2D eigenvalue weighted by molar-refractivity contribution is 6.03. The van der Waals surface area contributed by atoms with Gasteiger partial charge in [0.1, 0.15) is 11.6 Å². The average molecular weight is 406 g/mol. The van der Waals surface area contributed by atoms with E-state index < -0.39 is 0 Å². The number of rotatable bonds is 6. The quantitative estimate of drug-likeness (QED) is 0.500. The lowest BCUT2D eigenvalue weighted by molar-refractivity contribution is 0.0955. The van der Waals surface area contributed by atoms with Gasteiger partial charge in [-0.1, -0.05) is 25.5 Å². The van der Waals surface area contributed by atoms with E-state index in [4.69, 9.17) is 0 Å². The second kappa shape index (κ2) is 8.57. The highest BCUT2D eigenvalue weighted by atomic mass is 19.1. The molecule has 1 amide bonds. The smallest absolute Gasteiger partial charge is 0.271 e. The zero-order valence-electron chi connectivity index (χ0n) is 16.8. The van der Waals surface area contributed by atoms with E-state index in [1.807, 2.05) is 0 Å². The molecule has 6 nitrogen and oxygen atoms in total. The molecule has 0 unspecified atom stereocenters. The molecule has 1 aliphatic rings. The number of halogens is 1. The van der Waals surface area contributed by atoms with Gasteiger partial charge in [0.15, 0.2) is 0 Å². The lowest BCUT2D eigenvalue weighted by Crippen LogP contribution is -2.22. The first-order valence-electron chi connectivity index (χ1n) is 10.2. The van der Waals surface area contributed by atoms with Gasteiger partial charge in [-0.3, -0.25) is 14.2 Å². The molecule has 3 aromatic rings. The third-order valence-electron chi connectivity index (χ3n) is 5.32. The average Bonchev–Trinajstić information content (AvgIpc) is 3.23. The first-order valence-corrected chi connectivity index (χ1v) is 10.2. The SMILES string of the molecule is CCCC/C(=N/NC(=O)c1ccc2c(=O)n3c(nc2c1)CCC3)c1ccc(F)cc1. The summed E-state index contributed by atoms with van der Waals surface area (Å²) in [5.74, 6) is 0.0698. The van der Waals surface area contributed by atoms with Gasteiger partial charge in [-0.15, -0.1) is 0 Å². The fourth-order valence-electron chi connectivity index (χ4n) is 3.66. The number of aromatic nitrogens is 2. The molecule has 0 bridgehead atoms. The number of nitrogens with zero attached hydrogens (tertiary/aromatic N) is 3. The summed E-state index contributed by atoms with van der Waals surface area (Å²) >= 11 is 0. The molecule has 1 aliphatic heterocycles. The summed E-state index contributed by atoms with van der Waals surface area (Å²) in [5, 5.41) is 4.81. The highest BCUT2D eigenvalue weighted by Gasteiger charge is 2.17. The lowest BCUT2D eigenvalue weighted by Gasteiger charge is -2.08. The van der Waals surface area contributed by atoms with Crippen LogP contribution in [0.3, 0.4) is 0 Å². The normalized spacial score (nSPS) is 13.5. The van der Waals surface area contributed by atoms with Crippen LogP contribution in [0.5, 0.6) is 0 Å². The summed E-state index contributed by atoms with van der Waals surface area (Å²) in [7, 11) is 0. The van der Waals surface area contributed by atoms with E-state index >= 15 is 0 Å². The van der Waals surface area contributed by atoms with E-state index in [-0.39, 0.29) is 17.3 Å². The molecule has 2 aromatic carbocycles. The maximum absolute atomic E-state index is 13.2. The van der Waals surface area contributed by atoms with Crippen LogP contribution in [0, 0.1) is 5.82 Å². The van der Waals surface area contributed by atoms with Crippen molar-refractivity contribution in [2.75, 3.05) is 0 Å². The minimum absolute atomic E-state index is 0.0596. The van der Waals surface area contributed by atoms with Crippen LogP contribution < -0.4 is 11.0 Å². The third kappa shape index (κ3) is 4.01. The number of benzene rings is 2. The van der Waals surface area contributed by atoms with Crippen LogP contribution in [0.15, 0.2) is 52.4 Å². The van der Waals surface area contributed by atoms with E-state index in [0.717, 1.165) is 37.1 Å². The summed E-state index contributed by atoms with van der Waals surface area (Å²) in [5.41, 5.74) is 4.91. The zero-order valence-corrected chi connectivity index (χ0v) is 16.8. The molecule has 0 fully saturated rings. The molecule has 30 heavy (non-hydrogen) atoms. The van der Waals surface area contributed by atoms with Crippen molar-refractivity contribution < 1.29 is 9.18 Å². The van der Waals surface area contributed by atoms with Crippen molar-refractivity contribution in [2.45, 2.75) is 45.6 Å².